The molecule has 6 nitrogen and oxygen atoms in total. The van der Waals surface area contributed by atoms with E-state index in [0.29, 0.717) is 36.5 Å². The molecule has 0 atom stereocenters. The second kappa shape index (κ2) is 8.29. The van der Waals surface area contributed by atoms with Gasteiger partial charge in [0.2, 0.25) is 0 Å². The summed E-state index contributed by atoms with van der Waals surface area (Å²) in [5.74, 6) is 0. The quantitative estimate of drug-likeness (QED) is 0.733. The first kappa shape index (κ1) is 16.1. The molecule has 0 unspecified atom stereocenters. The molecule has 0 aliphatic carbocycles. The molecule has 1 aromatic rings. The minimum absolute atomic E-state index is 0.0372. The molecule has 0 saturated heterocycles. The van der Waals surface area contributed by atoms with Crippen molar-refractivity contribution in [2.24, 2.45) is 0 Å². The highest BCUT2D eigenvalue weighted by atomic mass is 79.9. The zero-order valence-electron chi connectivity index (χ0n) is 11.5. The normalized spacial score (nSPS) is 11.0. The van der Waals surface area contributed by atoms with Gasteiger partial charge in [-0.15, -0.1) is 0 Å². The molecule has 0 aliphatic heterocycles. The number of halogens is 1. The van der Waals surface area contributed by atoms with Crippen LogP contribution in [0.4, 0.5) is 5.69 Å². The lowest BCUT2D eigenvalue weighted by atomic mass is 10.4. The van der Waals surface area contributed by atoms with Crippen LogP contribution in [0.5, 0.6) is 0 Å². The zero-order valence-corrected chi connectivity index (χ0v) is 13.1. The lowest BCUT2D eigenvalue weighted by Crippen LogP contribution is -2.26. The second-order valence-corrected chi connectivity index (χ2v) is 5.04. The van der Waals surface area contributed by atoms with Crippen molar-refractivity contribution in [3.05, 3.63) is 21.0 Å². The van der Waals surface area contributed by atoms with Crippen molar-refractivity contribution in [1.29, 1.82) is 0 Å². The van der Waals surface area contributed by atoms with Gasteiger partial charge in [0.1, 0.15) is 4.47 Å². The van der Waals surface area contributed by atoms with Crippen molar-refractivity contribution < 1.29 is 9.47 Å². The fraction of sp³-hybridized carbons (Fsp3) is 0.667. The fourth-order valence-electron chi connectivity index (χ4n) is 1.44. The molecule has 0 bridgehead atoms. The first-order valence-electron chi connectivity index (χ1n) is 6.15. The van der Waals surface area contributed by atoms with Gasteiger partial charge in [-0.25, -0.2) is 4.68 Å². The van der Waals surface area contributed by atoms with Crippen LogP contribution < -0.4 is 10.9 Å². The summed E-state index contributed by atoms with van der Waals surface area (Å²) in [5, 5.41) is 7.23. The Morgan fingerprint density at radius 3 is 2.79 bits per heavy atom. The highest BCUT2D eigenvalue weighted by molar-refractivity contribution is 9.10. The van der Waals surface area contributed by atoms with E-state index in [9.17, 15) is 4.79 Å². The molecular weight excluding hydrogens is 314 g/mol. The van der Waals surface area contributed by atoms with Crippen LogP contribution in [0.3, 0.4) is 0 Å². The van der Waals surface area contributed by atoms with E-state index in [1.807, 2.05) is 13.8 Å². The molecule has 0 fully saturated rings. The van der Waals surface area contributed by atoms with Gasteiger partial charge in [0.15, 0.2) is 0 Å². The summed E-state index contributed by atoms with van der Waals surface area (Å²) in [6.07, 6.45) is 1.64. The Hall–Kier alpha value is -0.920. The summed E-state index contributed by atoms with van der Waals surface area (Å²) in [6, 6.07) is 0.0372. The number of rotatable bonds is 8. The van der Waals surface area contributed by atoms with Crippen molar-refractivity contribution in [3.63, 3.8) is 0 Å². The number of nitrogens with one attached hydrogen (secondary N) is 1. The van der Waals surface area contributed by atoms with Gasteiger partial charge in [0, 0.05) is 13.7 Å². The van der Waals surface area contributed by atoms with Crippen LogP contribution in [0.25, 0.3) is 0 Å². The molecule has 19 heavy (non-hydrogen) atoms. The molecule has 0 aromatic carbocycles. The molecule has 0 spiro atoms. The van der Waals surface area contributed by atoms with E-state index in [0.717, 1.165) is 0 Å². The fourth-order valence-corrected chi connectivity index (χ4v) is 1.86. The molecule has 0 radical (unpaired) electrons. The Balaban J connectivity index is 2.51. The van der Waals surface area contributed by atoms with Gasteiger partial charge in [-0.3, -0.25) is 4.79 Å². The number of anilines is 1. The van der Waals surface area contributed by atoms with Gasteiger partial charge in [-0.05, 0) is 29.8 Å². The third-order valence-electron chi connectivity index (χ3n) is 2.43. The topological polar surface area (TPSA) is 65.4 Å². The molecule has 1 rings (SSSR count). The van der Waals surface area contributed by atoms with E-state index in [1.165, 1.54) is 4.68 Å². The van der Waals surface area contributed by atoms with Crippen molar-refractivity contribution in [2.45, 2.75) is 19.9 Å². The van der Waals surface area contributed by atoms with Gasteiger partial charge >= 0.3 is 0 Å². The van der Waals surface area contributed by atoms with E-state index >= 15 is 0 Å². The van der Waals surface area contributed by atoms with E-state index in [4.69, 9.17) is 9.47 Å². The minimum atomic E-state index is -0.139. The van der Waals surface area contributed by atoms with E-state index in [2.05, 4.69) is 26.3 Å². The van der Waals surface area contributed by atoms with Crippen molar-refractivity contribution in [3.8, 4) is 0 Å². The first-order valence-corrected chi connectivity index (χ1v) is 6.95. The Bertz CT molecular complexity index is 448. The molecule has 0 aliphatic rings. The van der Waals surface area contributed by atoms with Crippen LogP contribution in [-0.4, -0.2) is 43.3 Å². The van der Waals surface area contributed by atoms with E-state index < -0.39 is 0 Å². The van der Waals surface area contributed by atoms with E-state index in [-0.39, 0.29) is 11.6 Å². The average molecular weight is 334 g/mol. The number of methoxy groups -OCH3 is 1. The molecule has 108 valence electrons. The van der Waals surface area contributed by atoms with E-state index in [1.54, 1.807) is 13.3 Å². The summed E-state index contributed by atoms with van der Waals surface area (Å²) in [7, 11) is 1.63. The molecule has 0 amide bonds. The summed E-state index contributed by atoms with van der Waals surface area (Å²) < 4.78 is 12.1. The first-order chi connectivity index (χ1) is 9.07. The lowest BCUT2D eigenvalue weighted by molar-refractivity contribution is 0.0759. The zero-order chi connectivity index (χ0) is 14.3. The predicted octanol–water partition coefficient (Wildman–Crippen LogP) is 1.66. The van der Waals surface area contributed by atoms with Crippen LogP contribution in [0.15, 0.2) is 15.5 Å². The maximum absolute atomic E-state index is 12.0. The van der Waals surface area contributed by atoms with Crippen LogP contribution >= 0.6 is 15.9 Å². The highest BCUT2D eigenvalue weighted by Crippen LogP contribution is 2.16. The van der Waals surface area contributed by atoms with Gasteiger partial charge in [-0.1, -0.05) is 0 Å². The maximum Gasteiger partial charge on any atom is 0.283 e. The molecular formula is C12H20BrN3O3. The second-order valence-electron chi connectivity index (χ2n) is 4.25. The van der Waals surface area contributed by atoms with Gasteiger partial charge < -0.3 is 14.8 Å². The lowest BCUT2D eigenvalue weighted by Gasteiger charge is -2.12. The van der Waals surface area contributed by atoms with Gasteiger partial charge in [0.05, 0.1) is 37.7 Å². The summed E-state index contributed by atoms with van der Waals surface area (Å²) in [5.41, 5.74) is 0.539. The number of nitrogens with zero attached hydrogens (tertiary/aromatic N) is 2. The monoisotopic (exact) mass is 333 g/mol. The van der Waals surface area contributed by atoms with Gasteiger partial charge in [-0.2, -0.15) is 5.10 Å². The van der Waals surface area contributed by atoms with Crippen molar-refractivity contribution in [1.82, 2.24) is 9.78 Å². The number of hydrogen-bond donors (Lipinski definition) is 1. The van der Waals surface area contributed by atoms with Gasteiger partial charge in [0.25, 0.3) is 5.56 Å². The van der Waals surface area contributed by atoms with Crippen molar-refractivity contribution in [2.75, 3.05) is 38.8 Å². The summed E-state index contributed by atoms with van der Waals surface area (Å²) in [6.45, 7) is 6.12. The Labute approximate surface area is 121 Å². The number of ether oxygens (including phenoxy) is 2. The molecule has 7 heteroatoms. The SMILES string of the molecule is COCCOCCNc1cnn(C(C)C)c(=O)c1Br. The predicted molar refractivity (Wildman–Crippen MR) is 77.8 cm³/mol. The summed E-state index contributed by atoms with van der Waals surface area (Å²) in [4.78, 5) is 12.0. The molecule has 0 saturated carbocycles. The van der Waals surface area contributed by atoms with Crippen LogP contribution in [-0.2, 0) is 9.47 Å². The largest absolute Gasteiger partial charge is 0.382 e. The number of hydrogen-bond acceptors (Lipinski definition) is 5. The minimum Gasteiger partial charge on any atom is -0.382 e. The molecule has 1 aromatic heterocycles. The summed E-state index contributed by atoms with van der Waals surface area (Å²) >= 11 is 3.30. The van der Waals surface area contributed by atoms with Crippen LogP contribution in [0, 0.1) is 0 Å². The van der Waals surface area contributed by atoms with Crippen molar-refractivity contribution >= 4 is 21.6 Å². The average Bonchev–Trinajstić information content (AvgIpc) is 2.38. The maximum atomic E-state index is 12.0. The van der Waals surface area contributed by atoms with Crippen LogP contribution in [0.2, 0.25) is 0 Å². The Morgan fingerprint density at radius 1 is 1.42 bits per heavy atom. The number of aromatic nitrogens is 2. The molecule has 1 N–H and O–H groups in total. The third-order valence-corrected chi connectivity index (χ3v) is 3.19. The highest BCUT2D eigenvalue weighted by Gasteiger charge is 2.10. The standard InChI is InChI=1S/C12H20BrN3O3/c1-9(2)16-12(17)11(13)10(8-15-16)14-4-5-19-7-6-18-3/h8-9,14H,4-7H2,1-3H3. The van der Waals surface area contributed by atoms with Crippen LogP contribution in [0.1, 0.15) is 19.9 Å². The Morgan fingerprint density at radius 2 is 2.16 bits per heavy atom. The Kier molecular flexibility index (Phi) is 7.04. The smallest absolute Gasteiger partial charge is 0.283 e. The molecule has 1 heterocycles. The third kappa shape index (κ3) is 4.93.